The van der Waals surface area contributed by atoms with Gasteiger partial charge in [0.15, 0.2) is 0 Å². The maximum atomic E-state index is 11.9. The summed E-state index contributed by atoms with van der Waals surface area (Å²) in [7, 11) is 0. The minimum Gasteiger partial charge on any atom is -0.393 e. The lowest BCUT2D eigenvalue weighted by Gasteiger charge is -2.62. The van der Waals surface area contributed by atoms with Crippen LogP contribution in [0.25, 0.3) is 0 Å². The number of carbonyl (C=O) groups is 1. The molecular formula is C20H32O3. The molecule has 4 fully saturated rings. The Labute approximate surface area is 139 Å². The first-order chi connectivity index (χ1) is 10.7. The molecule has 4 rings (SSSR count). The van der Waals surface area contributed by atoms with Gasteiger partial charge < -0.3 is 10.2 Å². The van der Waals surface area contributed by atoms with E-state index in [0.29, 0.717) is 35.9 Å². The Morgan fingerprint density at radius 1 is 1.04 bits per heavy atom. The second kappa shape index (κ2) is 4.82. The highest BCUT2D eigenvalue weighted by Gasteiger charge is 2.65. The van der Waals surface area contributed by atoms with Crippen molar-refractivity contribution >= 4 is 5.78 Å². The molecule has 3 heteroatoms. The van der Waals surface area contributed by atoms with Crippen LogP contribution in [-0.4, -0.2) is 27.7 Å². The normalized spacial score (nSPS) is 59.2. The van der Waals surface area contributed by atoms with E-state index in [9.17, 15) is 15.0 Å². The average Bonchev–Trinajstić information content (AvgIpc) is 2.72. The van der Waals surface area contributed by atoms with Gasteiger partial charge >= 0.3 is 0 Å². The van der Waals surface area contributed by atoms with Gasteiger partial charge in [-0.1, -0.05) is 13.8 Å². The molecular weight excluding hydrogens is 288 g/mol. The predicted molar refractivity (Wildman–Crippen MR) is 88.7 cm³/mol. The van der Waals surface area contributed by atoms with Crippen LogP contribution in [-0.2, 0) is 4.79 Å². The molecule has 0 aliphatic heterocycles. The Balaban J connectivity index is 1.70. The quantitative estimate of drug-likeness (QED) is 0.720. The van der Waals surface area contributed by atoms with Crippen LogP contribution in [0.15, 0.2) is 0 Å². The molecule has 130 valence electrons. The monoisotopic (exact) mass is 320 g/mol. The van der Waals surface area contributed by atoms with Crippen molar-refractivity contribution in [2.24, 2.45) is 34.5 Å². The van der Waals surface area contributed by atoms with E-state index < -0.39 is 5.60 Å². The molecule has 8 atom stereocenters. The predicted octanol–water partition coefficient (Wildman–Crippen LogP) is 3.32. The van der Waals surface area contributed by atoms with Gasteiger partial charge in [-0.2, -0.15) is 0 Å². The summed E-state index contributed by atoms with van der Waals surface area (Å²) in [4.78, 5) is 11.9. The van der Waals surface area contributed by atoms with E-state index in [0.717, 1.165) is 44.9 Å². The number of fused-ring (bicyclic) bond motifs is 5. The molecule has 3 nitrogen and oxygen atoms in total. The number of ketones is 1. The average molecular weight is 320 g/mol. The smallest absolute Gasteiger partial charge is 0.133 e. The van der Waals surface area contributed by atoms with Crippen molar-refractivity contribution < 1.29 is 15.0 Å². The van der Waals surface area contributed by atoms with Gasteiger partial charge in [0.2, 0.25) is 0 Å². The molecule has 0 radical (unpaired) electrons. The van der Waals surface area contributed by atoms with Gasteiger partial charge in [-0.25, -0.2) is 0 Å². The summed E-state index contributed by atoms with van der Waals surface area (Å²) in [6.45, 7) is 6.65. The van der Waals surface area contributed by atoms with Crippen molar-refractivity contribution in [1.29, 1.82) is 0 Å². The summed E-state index contributed by atoms with van der Waals surface area (Å²) < 4.78 is 0. The molecule has 0 aromatic rings. The van der Waals surface area contributed by atoms with E-state index in [1.165, 1.54) is 0 Å². The summed E-state index contributed by atoms with van der Waals surface area (Å²) in [5.41, 5.74) is -0.431. The summed E-state index contributed by atoms with van der Waals surface area (Å²) in [6, 6.07) is 0. The fourth-order valence-electron chi connectivity index (χ4n) is 7.26. The van der Waals surface area contributed by atoms with E-state index in [-0.39, 0.29) is 16.9 Å². The lowest BCUT2D eigenvalue weighted by Crippen LogP contribution is -2.59. The highest BCUT2D eigenvalue weighted by molar-refractivity contribution is 5.79. The Hall–Kier alpha value is -0.410. The maximum Gasteiger partial charge on any atom is 0.133 e. The van der Waals surface area contributed by atoms with Crippen LogP contribution in [0.2, 0.25) is 0 Å². The number of Topliss-reactive ketones (excluding diaryl/α,β-unsaturated/α-hetero) is 1. The van der Waals surface area contributed by atoms with E-state index in [1.807, 2.05) is 6.92 Å². The number of carbonyl (C=O) groups excluding carboxylic acids is 1. The van der Waals surface area contributed by atoms with Crippen molar-refractivity contribution in [2.75, 3.05) is 0 Å². The molecule has 4 aliphatic carbocycles. The number of rotatable bonds is 0. The lowest BCUT2D eigenvalue weighted by atomic mass is 9.44. The minimum atomic E-state index is -0.595. The Kier molecular flexibility index (Phi) is 3.37. The van der Waals surface area contributed by atoms with Gasteiger partial charge in [-0.05, 0) is 80.0 Å². The van der Waals surface area contributed by atoms with E-state index in [1.54, 1.807) is 0 Å². The van der Waals surface area contributed by atoms with Crippen LogP contribution >= 0.6 is 0 Å². The number of hydrogen-bond acceptors (Lipinski definition) is 3. The fraction of sp³-hybridized carbons (Fsp3) is 0.950. The number of aliphatic hydroxyl groups excluding tert-OH is 1. The van der Waals surface area contributed by atoms with Gasteiger partial charge in [0.05, 0.1) is 11.7 Å². The van der Waals surface area contributed by atoms with E-state index in [4.69, 9.17) is 0 Å². The Morgan fingerprint density at radius 3 is 2.48 bits per heavy atom. The van der Waals surface area contributed by atoms with Crippen molar-refractivity contribution in [3.8, 4) is 0 Å². The first-order valence-corrected chi connectivity index (χ1v) is 9.61. The second-order valence-electron chi connectivity index (χ2n) is 9.81. The molecule has 0 unspecified atom stereocenters. The van der Waals surface area contributed by atoms with Crippen molar-refractivity contribution in [2.45, 2.75) is 83.8 Å². The highest BCUT2D eigenvalue weighted by atomic mass is 16.3. The largest absolute Gasteiger partial charge is 0.393 e. The van der Waals surface area contributed by atoms with Crippen LogP contribution in [0.1, 0.15) is 72.1 Å². The molecule has 4 saturated carbocycles. The summed E-state index contributed by atoms with van der Waals surface area (Å²) in [5.74, 6) is 2.03. The Morgan fingerprint density at radius 2 is 1.74 bits per heavy atom. The van der Waals surface area contributed by atoms with Gasteiger partial charge in [0.1, 0.15) is 5.78 Å². The third-order valence-corrected chi connectivity index (χ3v) is 9.06. The van der Waals surface area contributed by atoms with Gasteiger partial charge in [-0.3, -0.25) is 4.79 Å². The zero-order valence-corrected chi connectivity index (χ0v) is 14.8. The topological polar surface area (TPSA) is 57.5 Å². The van der Waals surface area contributed by atoms with Crippen LogP contribution in [0, 0.1) is 34.5 Å². The van der Waals surface area contributed by atoms with Gasteiger partial charge in [-0.15, -0.1) is 0 Å². The molecule has 0 spiro atoms. The molecule has 0 aromatic carbocycles. The summed E-state index contributed by atoms with van der Waals surface area (Å²) in [5, 5.41) is 21.9. The second-order valence-corrected chi connectivity index (χ2v) is 9.81. The van der Waals surface area contributed by atoms with Crippen LogP contribution in [0.5, 0.6) is 0 Å². The first kappa shape index (κ1) is 16.1. The minimum absolute atomic E-state index is 0.0527. The van der Waals surface area contributed by atoms with Gasteiger partial charge in [0, 0.05) is 12.8 Å². The van der Waals surface area contributed by atoms with Crippen molar-refractivity contribution in [1.82, 2.24) is 0 Å². The molecule has 0 saturated heterocycles. The number of aliphatic hydroxyl groups is 2. The molecule has 0 aromatic heterocycles. The zero-order chi connectivity index (χ0) is 16.6. The van der Waals surface area contributed by atoms with Gasteiger partial charge in [0.25, 0.3) is 0 Å². The molecule has 4 aliphatic rings. The first-order valence-electron chi connectivity index (χ1n) is 9.61. The van der Waals surface area contributed by atoms with E-state index >= 15 is 0 Å². The van der Waals surface area contributed by atoms with Crippen LogP contribution in [0.3, 0.4) is 0 Å². The summed E-state index contributed by atoms with van der Waals surface area (Å²) >= 11 is 0. The fourth-order valence-corrected chi connectivity index (χ4v) is 7.26. The van der Waals surface area contributed by atoms with Crippen LogP contribution in [0.4, 0.5) is 0 Å². The number of hydrogen-bond donors (Lipinski definition) is 2. The third-order valence-electron chi connectivity index (χ3n) is 9.06. The molecule has 0 amide bonds. The lowest BCUT2D eigenvalue weighted by molar-refractivity contribution is -0.183. The van der Waals surface area contributed by atoms with Crippen molar-refractivity contribution in [3.63, 3.8) is 0 Å². The molecule has 2 N–H and O–H groups in total. The van der Waals surface area contributed by atoms with E-state index in [2.05, 4.69) is 13.8 Å². The highest BCUT2D eigenvalue weighted by Crippen LogP contribution is 2.67. The standard InChI is InChI=1S/C20H32O3/c1-18-7-4-13(21)10-12(18)11-16(22)17-14(18)5-8-19(2)15(17)6-9-20(19,3)23/h12,14-17,22-23H,4-11H2,1-3H3/t12-,14+,15+,16-,17-,18+,19+,20+/m1/s1. The van der Waals surface area contributed by atoms with Crippen molar-refractivity contribution in [3.05, 3.63) is 0 Å². The molecule has 23 heavy (non-hydrogen) atoms. The summed E-state index contributed by atoms with van der Waals surface area (Å²) in [6.07, 6.45) is 6.98. The molecule has 0 heterocycles. The SMILES string of the molecule is C[C@]12CCC(=O)C[C@@H]1C[C@@H](O)[C@@H]1[C@@H]2CC[C@@]2(C)[C@H]1CC[C@]2(C)O. The maximum absolute atomic E-state index is 11.9. The van der Waals surface area contributed by atoms with Crippen LogP contribution < -0.4 is 0 Å². The Bertz CT molecular complexity index is 527. The zero-order valence-electron chi connectivity index (χ0n) is 14.8. The third kappa shape index (κ3) is 1.99. The molecule has 0 bridgehead atoms.